The number of nitrogens with zero attached hydrogens (tertiary/aromatic N) is 1. The molecule has 0 spiro atoms. The summed E-state index contributed by atoms with van der Waals surface area (Å²) in [7, 11) is 0. The van der Waals surface area contributed by atoms with Gasteiger partial charge in [0.05, 0.1) is 5.60 Å². The highest BCUT2D eigenvalue weighted by Crippen LogP contribution is 2.44. The number of fused-ring (bicyclic) bond motifs is 2. The average molecular weight is 345 g/mol. The third-order valence-electron chi connectivity index (χ3n) is 5.37. The first-order chi connectivity index (χ1) is 11.8. The third-order valence-corrected chi connectivity index (χ3v) is 5.37. The molecular formula is C21H31NO3. The van der Waals surface area contributed by atoms with Crippen LogP contribution in [0.1, 0.15) is 64.9 Å². The number of rotatable bonds is 3. The molecule has 3 rings (SSSR count). The summed E-state index contributed by atoms with van der Waals surface area (Å²) in [5.74, 6) is 0. The topological polar surface area (TPSA) is 49.8 Å². The van der Waals surface area contributed by atoms with Crippen molar-refractivity contribution in [1.29, 1.82) is 0 Å². The first-order valence-corrected chi connectivity index (χ1v) is 9.47. The van der Waals surface area contributed by atoms with Crippen LogP contribution in [0.2, 0.25) is 0 Å². The second-order valence-corrected chi connectivity index (χ2v) is 9.06. The lowest BCUT2D eigenvalue weighted by Gasteiger charge is -2.52. The summed E-state index contributed by atoms with van der Waals surface area (Å²) in [6, 6.07) is 9.98. The molecule has 0 radical (unpaired) electrons. The van der Waals surface area contributed by atoms with Gasteiger partial charge < -0.3 is 14.7 Å². The summed E-state index contributed by atoms with van der Waals surface area (Å²) >= 11 is 0. The van der Waals surface area contributed by atoms with Crippen molar-refractivity contribution in [2.75, 3.05) is 0 Å². The summed E-state index contributed by atoms with van der Waals surface area (Å²) in [5, 5.41) is 11.1. The molecule has 2 atom stereocenters. The zero-order valence-corrected chi connectivity index (χ0v) is 15.7. The molecule has 2 unspecified atom stereocenters. The van der Waals surface area contributed by atoms with E-state index >= 15 is 0 Å². The van der Waals surface area contributed by atoms with Crippen LogP contribution in [0.25, 0.3) is 0 Å². The Morgan fingerprint density at radius 2 is 1.80 bits per heavy atom. The summed E-state index contributed by atoms with van der Waals surface area (Å²) < 4.78 is 5.58. The van der Waals surface area contributed by atoms with Crippen LogP contribution in [0, 0.1) is 5.41 Å². The van der Waals surface area contributed by atoms with Gasteiger partial charge in [-0.1, -0.05) is 51.1 Å². The summed E-state index contributed by atoms with van der Waals surface area (Å²) in [6.45, 7) is 6.81. The third kappa shape index (κ3) is 4.55. The van der Waals surface area contributed by atoms with Crippen molar-refractivity contribution in [1.82, 2.24) is 4.90 Å². The molecule has 4 nitrogen and oxygen atoms in total. The molecule has 0 saturated carbocycles. The molecule has 2 fully saturated rings. The highest BCUT2D eigenvalue weighted by Gasteiger charge is 2.48. The second-order valence-electron chi connectivity index (χ2n) is 9.06. The van der Waals surface area contributed by atoms with Crippen molar-refractivity contribution in [2.45, 2.75) is 83.6 Å². The van der Waals surface area contributed by atoms with Gasteiger partial charge >= 0.3 is 6.09 Å². The van der Waals surface area contributed by atoms with E-state index in [0.717, 1.165) is 31.2 Å². The lowest BCUT2D eigenvalue weighted by atomic mass is 9.69. The number of piperidine rings is 2. The van der Waals surface area contributed by atoms with Crippen LogP contribution in [0.3, 0.4) is 0 Å². The number of benzene rings is 1. The minimum Gasteiger partial charge on any atom is -0.445 e. The van der Waals surface area contributed by atoms with Gasteiger partial charge in [-0.05, 0) is 49.5 Å². The molecule has 2 aliphatic rings. The Kier molecular flexibility index (Phi) is 5.10. The number of amides is 1. The van der Waals surface area contributed by atoms with E-state index in [9.17, 15) is 9.90 Å². The molecule has 1 aromatic carbocycles. The van der Waals surface area contributed by atoms with Crippen molar-refractivity contribution >= 4 is 6.09 Å². The SMILES string of the molecule is CC(C)(C)CC1(O)CC2CCCC(C1)N2C(=O)OCc1ccccc1. The Balaban J connectivity index is 1.66. The molecule has 25 heavy (non-hydrogen) atoms. The van der Waals surface area contributed by atoms with Crippen LogP contribution in [0.5, 0.6) is 0 Å². The summed E-state index contributed by atoms with van der Waals surface area (Å²) in [5.41, 5.74) is 0.422. The molecule has 2 saturated heterocycles. The highest BCUT2D eigenvalue weighted by molar-refractivity contribution is 5.69. The number of carbonyl (C=O) groups excluding carboxylic acids is 1. The average Bonchev–Trinajstić information content (AvgIpc) is 2.50. The zero-order valence-electron chi connectivity index (χ0n) is 15.7. The molecule has 2 heterocycles. The van der Waals surface area contributed by atoms with Gasteiger partial charge in [-0.15, -0.1) is 0 Å². The molecule has 1 N–H and O–H groups in total. The van der Waals surface area contributed by atoms with Crippen molar-refractivity contribution in [3.63, 3.8) is 0 Å². The number of ether oxygens (including phenoxy) is 1. The first-order valence-electron chi connectivity index (χ1n) is 9.47. The largest absolute Gasteiger partial charge is 0.445 e. The molecule has 1 aromatic rings. The molecule has 138 valence electrons. The van der Waals surface area contributed by atoms with Crippen LogP contribution >= 0.6 is 0 Å². The Hall–Kier alpha value is -1.55. The van der Waals surface area contributed by atoms with Crippen molar-refractivity contribution < 1.29 is 14.6 Å². The monoisotopic (exact) mass is 345 g/mol. The normalized spacial score (nSPS) is 29.4. The van der Waals surface area contributed by atoms with E-state index in [1.807, 2.05) is 35.2 Å². The van der Waals surface area contributed by atoms with Crippen LogP contribution in [-0.2, 0) is 11.3 Å². The Morgan fingerprint density at radius 3 is 2.36 bits per heavy atom. The van der Waals surface area contributed by atoms with Gasteiger partial charge in [0.25, 0.3) is 0 Å². The maximum atomic E-state index is 12.7. The predicted octanol–water partition coefficient (Wildman–Crippen LogP) is 4.51. The van der Waals surface area contributed by atoms with Crippen LogP contribution in [0.15, 0.2) is 30.3 Å². The van der Waals surface area contributed by atoms with Gasteiger partial charge in [0.15, 0.2) is 0 Å². The molecule has 0 aromatic heterocycles. The van der Waals surface area contributed by atoms with E-state index in [2.05, 4.69) is 20.8 Å². The molecule has 2 bridgehead atoms. The zero-order chi connectivity index (χ0) is 18.1. The minimum atomic E-state index is -0.662. The molecule has 1 amide bonds. The van der Waals surface area contributed by atoms with Crippen LogP contribution in [0.4, 0.5) is 4.79 Å². The van der Waals surface area contributed by atoms with Gasteiger partial charge in [-0.3, -0.25) is 0 Å². The van der Waals surface area contributed by atoms with Crippen molar-refractivity contribution in [2.24, 2.45) is 5.41 Å². The standard InChI is InChI=1S/C21H31NO3/c1-20(2,3)15-21(24)12-17-10-7-11-18(13-21)22(17)19(23)25-14-16-8-5-4-6-9-16/h4-6,8-9,17-18,24H,7,10-15H2,1-3H3. The smallest absolute Gasteiger partial charge is 0.410 e. The highest BCUT2D eigenvalue weighted by atomic mass is 16.6. The van der Waals surface area contributed by atoms with E-state index in [1.165, 1.54) is 0 Å². The van der Waals surface area contributed by atoms with Gasteiger partial charge in [-0.2, -0.15) is 0 Å². The molecule has 2 aliphatic heterocycles. The van der Waals surface area contributed by atoms with Crippen molar-refractivity contribution in [3.05, 3.63) is 35.9 Å². The number of aliphatic hydroxyl groups is 1. The van der Waals surface area contributed by atoms with Crippen LogP contribution < -0.4 is 0 Å². The summed E-state index contributed by atoms with van der Waals surface area (Å²) in [4.78, 5) is 14.6. The van der Waals surface area contributed by atoms with E-state index in [4.69, 9.17) is 4.74 Å². The number of hydrogen-bond acceptors (Lipinski definition) is 3. The fourth-order valence-corrected chi connectivity index (χ4v) is 4.75. The van der Waals surface area contributed by atoms with Gasteiger partial charge in [0.1, 0.15) is 6.61 Å². The van der Waals surface area contributed by atoms with E-state index in [1.54, 1.807) is 0 Å². The molecule has 4 heteroatoms. The van der Waals surface area contributed by atoms with E-state index in [-0.39, 0.29) is 23.6 Å². The fraction of sp³-hybridized carbons (Fsp3) is 0.667. The van der Waals surface area contributed by atoms with Gasteiger partial charge in [0, 0.05) is 12.1 Å². The quantitative estimate of drug-likeness (QED) is 0.877. The predicted molar refractivity (Wildman–Crippen MR) is 98.1 cm³/mol. The lowest BCUT2D eigenvalue weighted by molar-refractivity contribution is -0.102. The van der Waals surface area contributed by atoms with E-state index < -0.39 is 5.60 Å². The molecule has 0 aliphatic carbocycles. The van der Waals surface area contributed by atoms with Gasteiger partial charge in [0.2, 0.25) is 0 Å². The Bertz CT molecular complexity index is 579. The summed E-state index contributed by atoms with van der Waals surface area (Å²) in [6.07, 6.45) is 4.94. The Morgan fingerprint density at radius 1 is 1.20 bits per heavy atom. The van der Waals surface area contributed by atoms with E-state index in [0.29, 0.717) is 19.4 Å². The lowest BCUT2D eigenvalue weighted by Crippen LogP contribution is -2.60. The minimum absolute atomic E-state index is 0.0824. The number of hydrogen-bond donors (Lipinski definition) is 1. The Labute approximate surface area is 151 Å². The van der Waals surface area contributed by atoms with Gasteiger partial charge in [-0.25, -0.2) is 4.79 Å². The fourth-order valence-electron chi connectivity index (χ4n) is 4.75. The second kappa shape index (κ2) is 6.99. The maximum Gasteiger partial charge on any atom is 0.410 e. The number of carbonyl (C=O) groups is 1. The molecular weight excluding hydrogens is 314 g/mol. The first kappa shape index (κ1) is 18.2. The van der Waals surface area contributed by atoms with Crippen LogP contribution in [-0.4, -0.2) is 33.8 Å². The maximum absolute atomic E-state index is 12.7. The van der Waals surface area contributed by atoms with Crippen molar-refractivity contribution in [3.8, 4) is 0 Å².